The van der Waals surface area contributed by atoms with E-state index in [-0.39, 0.29) is 4.90 Å². The molecule has 1 aromatic heterocycles. The lowest BCUT2D eigenvalue weighted by atomic mass is 10.2. The summed E-state index contributed by atoms with van der Waals surface area (Å²) in [5.74, 6) is 0. The Balaban J connectivity index is 2.06. The maximum absolute atomic E-state index is 12.2. The van der Waals surface area contributed by atoms with Gasteiger partial charge in [0, 0.05) is 22.4 Å². The van der Waals surface area contributed by atoms with Gasteiger partial charge in [0.2, 0.25) is 10.0 Å². The van der Waals surface area contributed by atoms with Gasteiger partial charge in [-0.3, -0.25) is 0 Å². The molecule has 0 saturated heterocycles. The minimum Gasteiger partial charge on any atom is -0.326 e. The zero-order valence-corrected chi connectivity index (χ0v) is 13.9. The Hall–Kier alpha value is -0.730. The van der Waals surface area contributed by atoms with Crippen molar-refractivity contribution in [3.63, 3.8) is 0 Å². The van der Waals surface area contributed by atoms with Crippen LogP contribution in [0.25, 0.3) is 0 Å². The molecule has 1 aromatic carbocycles. The van der Waals surface area contributed by atoms with E-state index in [1.807, 2.05) is 17.5 Å². The highest BCUT2D eigenvalue weighted by Crippen LogP contribution is 2.23. The smallest absolute Gasteiger partial charge is 0.241 e. The van der Waals surface area contributed by atoms with Crippen LogP contribution >= 0.6 is 27.3 Å². The number of nitrogens with one attached hydrogen (secondary N) is 1. The first-order valence-electron chi connectivity index (χ1n) is 6.03. The number of nitrogens with two attached hydrogens (primary N) is 1. The van der Waals surface area contributed by atoms with Crippen LogP contribution in [-0.4, -0.2) is 15.0 Å². The summed E-state index contributed by atoms with van der Waals surface area (Å²) < 4.78 is 27.6. The molecule has 0 aliphatic heterocycles. The van der Waals surface area contributed by atoms with Crippen molar-refractivity contribution in [1.29, 1.82) is 0 Å². The quantitative estimate of drug-likeness (QED) is 0.815. The van der Waals surface area contributed by atoms with Crippen LogP contribution in [0.4, 0.5) is 0 Å². The molecule has 0 radical (unpaired) electrons. The fourth-order valence-electron chi connectivity index (χ4n) is 1.73. The van der Waals surface area contributed by atoms with Crippen LogP contribution in [0.1, 0.15) is 10.4 Å². The van der Waals surface area contributed by atoms with E-state index in [0.29, 0.717) is 24.0 Å². The van der Waals surface area contributed by atoms with Gasteiger partial charge in [-0.05, 0) is 51.5 Å². The van der Waals surface area contributed by atoms with Gasteiger partial charge in [-0.25, -0.2) is 13.1 Å². The van der Waals surface area contributed by atoms with E-state index < -0.39 is 10.0 Å². The number of sulfonamides is 1. The third-order valence-corrected chi connectivity index (χ3v) is 6.14. The molecule has 0 aliphatic carbocycles. The maximum atomic E-state index is 12.2. The van der Waals surface area contributed by atoms with Crippen LogP contribution in [0.5, 0.6) is 0 Å². The van der Waals surface area contributed by atoms with Crippen LogP contribution in [0.3, 0.4) is 0 Å². The zero-order valence-electron chi connectivity index (χ0n) is 10.7. The second kappa shape index (κ2) is 6.82. The molecule has 0 spiro atoms. The largest absolute Gasteiger partial charge is 0.326 e. The number of thiophene rings is 1. The molecule has 0 unspecified atom stereocenters. The van der Waals surface area contributed by atoms with Crippen molar-refractivity contribution in [2.45, 2.75) is 17.9 Å². The molecule has 0 aliphatic rings. The summed E-state index contributed by atoms with van der Waals surface area (Å²) in [6.07, 6.45) is 0.690. The van der Waals surface area contributed by atoms with Gasteiger partial charge in [0.05, 0.1) is 4.90 Å². The average Bonchev–Trinajstić information content (AvgIpc) is 2.91. The molecule has 0 saturated carbocycles. The lowest BCUT2D eigenvalue weighted by Gasteiger charge is -2.09. The molecule has 7 heteroatoms. The lowest BCUT2D eigenvalue weighted by Crippen LogP contribution is -2.26. The highest BCUT2D eigenvalue weighted by Gasteiger charge is 2.17. The van der Waals surface area contributed by atoms with Crippen molar-refractivity contribution >= 4 is 37.3 Å². The summed E-state index contributed by atoms with van der Waals surface area (Å²) in [6, 6.07) is 8.97. The molecule has 108 valence electrons. The Bertz CT molecular complexity index is 670. The third kappa shape index (κ3) is 3.89. The summed E-state index contributed by atoms with van der Waals surface area (Å²) in [5.41, 5.74) is 6.41. The summed E-state index contributed by atoms with van der Waals surface area (Å²) in [7, 11) is -3.50. The van der Waals surface area contributed by atoms with Crippen LogP contribution < -0.4 is 10.5 Å². The number of hydrogen-bond acceptors (Lipinski definition) is 4. The van der Waals surface area contributed by atoms with E-state index in [1.165, 1.54) is 0 Å². The fraction of sp³-hybridized carbons (Fsp3) is 0.231. The molecule has 0 bridgehead atoms. The Morgan fingerprint density at radius 3 is 2.70 bits per heavy atom. The minimum absolute atomic E-state index is 0.237. The van der Waals surface area contributed by atoms with Gasteiger partial charge >= 0.3 is 0 Å². The number of benzene rings is 1. The van der Waals surface area contributed by atoms with E-state index in [9.17, 15) is 8.42 Å². The molecule has 3 N–H and O–H groups in total. The average molecular weight is 375 g/mol. The maximum Gasteiger partial charge on any atom is 0.241 e. The predicted octanol–water partition coefficient (Wildman–Crippen LogP) is 2.49. The monoisotopic (exact) mass is 374 g/mol. The summed E-state index contributed by atoms with van der Waals surface area (Å²) in [6.45, 7) is 0.763. The van der Waals surface area contributed by atoms with E-state index in [4.69, 9.17) is 5.73 Å². The van der Waals surface area contributed by atoms with Crippen molar-refractivity contribution in [3.05, 3.63) is 50.6 Å². The van der Waals surface area contributed by atoms with Gasteiger partial charge in [-0.15, -0.1) is 11.3 Å². The second-order valence-electron chi connectivity index (χ2n) is 4.20. The molecule has 20 heavy (non-hydrogen) atoms. The van der Waals surface area contributed by atoms with Crippen LogP contribution in [0.15, 0.2) is 45.1 Å². The fourth-order valence-corrected chi connectivity index (χ4v) is 4.59. The van der Waals surface area contributed by atoms with E-state index in [2.05, 4.69) is 20.7 Å². The Labute approximate surface area is 131 Å². The standard InChI is InChI=1S/C13H15BrN2O2S2/c14-12-8-10(9-15)3-4-13(12)20(17,18)16-6-5-11-2-1-7-19-11/h1-4,7-8,16H,5-6,9,15H2. The highest BCUT2D eigenvalue weighted by atomic mass is 79.9. The van der Waals surface area contributed by atoms with E-state index in [0.717, 1.165) is 10.4 Å². The Morgan fingerprint density at radius 1 is 1.30 bits per heavy atom. The van der Waals surface area contributed by atoms with Crippen molar-refractivity contribution in [2.24, 2.45) is 5.73 Å². The molecule has 0 atom stereocenters. The first-order valence-corrected chi connectivity index (χ1v) is 9.19. The van der Waals surface area contributed by atoms with Gasteiger partial charge in [-0.1, -0.05) is 12.1 Å². The highest BCUT2D eigenvalue weighted by molar-refractivity contribution is 9.10. The predicted molar refractivity (Wildman–Crippen MR) is 85.2 cm³/mol. The molecule has 0 fully saturated rings. The molecule has 2 rings (SSSR count). The van der Waals surface area contributed by atoms with Crippen LogP contribution in [0.2, 0.25) is 0 Å². The van der Waals surface area contributed by atoms with Gasteiger partial charge < -0.3 is 5.73 Å². The van der Waals surface area contributed by atoms with Crippen molar-refractivity contribution in [2.75, 3.05) is 6.54 Å². The number of rotatable bonds is 6. The lowest BCUT2D eigenvalue weighted by molar-refractivity contribution is 0.581. The zero-order chi connectivity index (χ0) is 14.6. The molecule has 4 nitrogen and oxygen atoms in total. The first-order chi connectivity index (χ1) is 9.53. The van der Waals surface area contributed by atoms with Crippen molar-refractivity contribution in [1.82, 2.24) is 4.72 Å². The number of hydrogen-bond donors (Lipinski definition) is 2. The minimum atomic E-state index is -3.50. The molecular formula is C13H15BrN2O2S2. The summed E-state index contributed by atoms with van der Waals surface area (Å²) in [4.78, 5) is 1.39. The second-order valence-corrected chi connectivity index (χ2v) is 7.82. The molecule has 1 heterocycles. The van der Waals surface area contributed by atoms with E-state index in [1.54, 1.807) is 29.5 Å². The van der Waals surface area contributed by atoms with Gasteiger partial charge in [0.1, 0.15) is 0 Å². The van der Waals surface area contributed by atoms with Crippen LogP contribution in [-0.2, 0) is 23.0 Å². The SMILES string of the molecule is NCc1ccc(S(=O)(=O)NCCc2cccs2)c(Br)c1. The van der Waals surface area contributed by atoms with E-state index >= 15 is 0 Å². The number of halogens is 1. The van der Waals surface area contributed by atoms with Gasteiger partial charge in [0.25, 0.3) is 0 Å². The van der Waals surface area contributed by atoms with Crippen molar-refractivity contribution in [3.8, 4) is 0 Å². The van der Waals surface area contributed by atoms with Crippen molar-refractivity contribution < 1.29 is 8.42 Å². The topological polar surface area (TPSA) is 72.2 Å². The van der Waals surface area contributed by atoms with Crippen LogP contribution in [0, 0.1) is 0 Å². The molecular weight excluding hydrogens is 360 g/mol. The molecule has 0 amide bonds. The van der Waals surface area contributed by atoms with Gasteiger partial charge in [-0.2, -0.15) is 0 Å². The normalized spacial score (nSPS) is 11.7. The summed E-state index contributed by atoms with van der Waals surface area (Å²) in [5, 5.41) is 1.98. The summed E-state index contributed by atoms with van der Waals surface area (Å²) >= 11 is 4.90. The first kappa shape index (κ1) is 15.7. The van der Waals surface area contributed by atoms with Gasteiger partial charge in [0.15, 0.2) is 0 Å². The molecule has 2 aromatic rings. The Kier molecular flexibility index (Phi) is 5.34. The third-order valence-electron chi connectivity index (χ3n) is 2.77. The Morgan fingerprint density at radius 2 is 2.10 bits per heavy atom.